The van der Waals surface area contributed by atoms with E-state index in [-0.39, 0.29) is 5.91 Å². The monoisotopic (exact) mass is 236 g/mol. The Morgan fingerprint density at radius 3 is 2.47 bits per heavy atom. The molecular weight excluding hydrogens is 212 g/mol. The normalized spacial score (nSPS) is 22.8. The maximum absolute atomic E-state index is 12.0. The third kappa shape index (κ3) is 3.09. The third-order valence-corrected chi connectivity index (χ3v) is 4.26. The average molecular weight is 236 g/mol. The van der Waals surface area contributed by atoms with Crippen LogP contribution in [0.1, 0.15) is 46.0 Å². The Morgan fingerprint density at radius 2 is 1.94 bits per heavy atom. The minimum atomic E-state index is 0.138. The Balaban J connectivity index is 1.85. The van der Waals surface area contributed by atoms with Gasteiger partial charge in [0.25, 0.3) is 0 Å². The van der Waals surface area contributed by atoms with Crippen LogP contribution in [0.2, 0.25) is 0 Å². The van der Waals surface area contributed by atoms with E-state index in [1.54, 1.807) is 0 Å². The third-order valence-electron chi connectivity index (χ3n) is 4.26. The van der Waals surface area contributed by atoms with Gasteiger partial charge >= 0.3 is 0 Å². The maximum Gasteiger partial charge on any atom is 0.247 e. The predicted octanol–water partition coefficient (Wildman–Crippen LogP) is 1.99. The van der Waals surface area contributed by atoms with Gasteiger partial charge in [0.2, 0.25) is 5.91 Å². The van der Waals surface area contributed by atoms with Crippen molar-refractivity contribution in [3.63, 3.8) is 0 Å². The Kier molecular flexibility index (Phi) is 4.21. The molecule has 2 N–H and O–H groups in total. The van der Waals surface area contributed by atoms with Crippen molar-refractivity contribution >= 4 is 5.91 Å². The molecule has 1 atom stereocenters. The molecule has 0 unspecified atom stereocenters. The SMILES string of the molecule is CC(C(=O)N[C@H](C)C1CCCCC1)=C1CNC1. The van der Waals surface area contributed by atoms with Crippen molar-refractivity contribution in [2.24, 2.45) is 5.92 Å². The highest BCUT2D eigenvalue weighted by atomic mass is 16.1. The van der Waals surface area contributed by atoms with E-state index < -0.39 is 0 Å². The molecule has 1 amide bonds. The van der Waals surface area contributed by atoms with Crippen LogP contribution >= 0.6 is 0 Å². The lowest BCUT2D eigenvalue weighted by molar-refractivity contribution is -0.118. The predicted molar refractivity (Wildman–Crippen MR) is 69.7 cm³/mol. The van der Waals surface area contributed by atoms with Gasteiger partial charge in [0.15, 0.2) is 0 Å². The molecule has 17 heavy (non-hydrogen) atoms. The van der Waals surface area contributed by atoms with Crippen molar-refractivity contribution in [1.82, 2.24) is 10.6 Å². The Bertz CT molecular complexity index is 310. The van der Waals surface area contributed by atoms with Crippen LogP contribution in [0.4, 0.5) is 0 Å². The molecule has 1 aliphatic heterocycles. The fraction of sp³-hybridized carbons (Fsp3) is 0.786. The molecule has 0 aromatic rings. The van der Waals surface area contributed by atoms with Gasteiger partial charge in [-0.2, -0.15) is 0 Å². The minimum Gasteiger partial charge on any atom is -0.350 e. The van der Waals surface area contributed by atoms with Crippen LogP contribution in [0, 0.1) is 5.92 Å². The van der Waals surface area contributed by atoms with Crippen LogP contribution in [-0.4, -0.2) is 25.0 Å². The van der Waals surface area contributed by atoms with E-state index in [9.17, 15) is 4.79 Å². The highest BCUT2D eigenvalue weighted by Gasteiger charge is 2.23. The summed E-state index contributed by atoms with van der Waals surface area (Å²) in [5, 5.41) is 6.35. The number of hydrogen-bond donors (Lipinski definition) is 2. The molecule has 96 valence electrons. The molecule has 0 aromatic carbocycles. The van der Waals surface area contributed by atoms with E-state index in [1.807, 2.05) is 6.92 Å². The number of nitrogens with one attached hydrogen (secondary N) is 2. The Hall–Kier alpha value is -0.830. The van der Waals surface area contributed by atoms with Crippen LogP contribution in [-0.2, 0) is 4.79 Å². The molecule has 2 fully saturated rings. The molecule has 2 aliphatic rings. The largest absolute Gasteiger partial charge is 0.350 e. The summed E-state index contributed by atoms with van der Waals surface area (Å²) in [6.45, 7) is 5.87. The van der Waals surface area contributed by atoms with Crippen molar-refractivity contribution in [2.45, 2.75) is 52.0 Å². The standard InChI is InChI=1S/C14H24N2O/c1-10(13-8-15-9-13)14(17)16-11(2)12-6-4-3-5-7-12/h11-12,15H,3-9H2,1-2H3,(H,16,17)/t11-/m1/s1. The van der Waals surface area contributed by atoms with Gasteiger partial charge in [-0.15, -0.1) is 0 Å². The summed E-state index contributed by atoms with van der Waals surface area (Å²) in [7, 11) is 0. The van der Waals surface area contributed by atoms with Crippen molar-refractivity contribution in [3.05, 3.63) is 11.1 Å². The lowest BCUT2D eigenvalue weighted by atomic mass is 9.84. The number of carbonyl (C=O) groups excluding carboxylic acids is 1. The molecule has 1 heterocycles. The first-order valence-electron chi connectivity index (χ1n) is 6.88. The van der Waals surface area contributed by atoms with Gasteiger partial charge in [-0.05, 0) is 38.2 Å². The zero-order valence-electron chi connectivity index (χ0n) is 11.0. The summed E-state index contributed by atoms with van der Waals surface area (Å²) in [6.07, 6.45) is 6.58. The van der Waals surface area contributed by atoms with Gasteiger partial charge in [0, 0.05) is 24.7 Å². The summed E-state index contributed by atoms with van der Waals surface area (Å²) in [5.41, 5.74) is 2.18. The van der Waals surface area contributed by atoms with E-state index in [4.69, 9.17) is 0 Å². The molecule has 0 bridgehead atoms. The zero-order chi connectivity index (χ0) is 12.3. The van der Waals surface area contributed by atoms with Crippen LogP contribution in [0.3, 0.4) is 0 Å². The van der Waals surface area contributed by atoms with Crippen LogP contribution < -0.4 is 10.6 Å². The van der Waals surface area contributed by atoms with Gasteiger partial charge in [0.05, 0.1) is 0 Å². The highest BCUT2D eigenvalue weighted by Crippen LogP contribution is 2.26. The van der Waals surface area contributed by atoms with E-state index >= 15 is 0 Å². The van der Waals surface area contributed by atoms with Crippen LogP contribution in [0.15, 0.2) is 11.1 Å². The first-order valence-corrected chi connectivity index (χ1v) is 6.88. The smallest absolute Gasteiger partial charge is 0.247 e. The van der Waals surface area contributed by atoms with E-state index in [0.717, 1.165) is 18.7 Å². The molecule has 1 saturated heterocycles. The van der Waals surface area contributed by atoms with E-state index in [0.29, 0.717) is 12.0 Å². The second-order valence-electron chi connectivity index (χ2n) is 5.49. The van der Waals surface area contributed by atoms with Gasteiger partial charge in [0.1, 0.15) is 0 Å². The van der Waals surface area contributed by atoms with Gasteiger partial charge in [-0.25, -0.2) is 0 Å². The molecule has 0 radical (unpaired) electrons. The van der Waals surface area contributed by atoms with Gasteiger partial charge in [-0.1, -0.05) is 19.3 Å². The summed E-state index contributed by atoms with van der Waals surface area (Å²) in [5.74, 6) is 0.824. The van der Waals surface area contributed by atoms with Crippen LogP contribution in [0.5, 0.6) is 0 Å². The first kappa shape index (κ1) is 12.6. The molecule has 3 heteroatoms. The zero-order valence-corrected chi connectivity index (χ0v) is 11.0. The number of rotatable bonds is 3. The number of hydrogen-bond acceptors (Lipinski definition) is 2. The Morgan fingerprint density at radius 1 is 1.29 bits per heavy atom. The summed E-state index contributed by atoms with van der Waals surface area (Å²) >= 11 is 0. The van der Waals surface area contributed by atoms with E-state index in [1.165, 1.54) is 37.7 Å². The van der Waals surface area contributed by atoms with Crippen molar-refractivity contribution in [2.75, 3.05) is 13.1 Å². The average Bonchev–Trinajstić information content (AvgIpc) is 2.27. The first-order chi connectivity index (χ1) is 8.18. The number of amides is 1. The summed E-state index contributed by atoms with van der Waals surface area (Å²) in [6, 6.07) is 0.325. The molecule has 1 aliphatic carbocycles. The lowest BCUT2D eigenvalue weighted by Gasteiger charge is -2.29. The maximum atomic E-state index is 12.0. The molecule has 3 nitrogen and oxygen atoms in total. The Labute approximate surface area is 104 Å². The summed E-state index contributed by atoms with van der Waals surface area (Å²) < 4.78 is 0. The highest BCUT2D eigenvalue weighted by molar-refractivity contribution is 5.94. The molecular formula is C14H24N2O. The molecule has 2 rings (SSSR count). The lowest BCUT2D eigenvalue weighted by Crippen LogP contribution is -2.42. The second-order valence-corrected chi connectivity index (χ2v) is 5.49. The quantitative estimate of drug-likeness (QED) is 0.736. The fourth-order valence-corrected chi connectivity index (χ4v) is 2.74. The number of carbonyl (C=O) groups is 1. The van der Waals surface area contributed by atoms with Crippen LogP contribution in [0.25, 0.3) is 0 Å². The second kappa shape index (κ2) is 5.67. The van der Waals surface area contributed by atoms with Crippen molar-refractivity contribution in [1.29, 1.82) is 0 Å². The van der Waals surface area contributed by atoms with Gasteiger partial charge < -0.3 is 10.6 Å². The minimum absolute atomic E-state index is 0.138. The van der Waals surface area contributed by atoms with Crippen molar-refractivity contribution in [3.8, 4) is 0 Å². The topological polar surface area (TPSA) is 41.1 Å². The molecule has 0 aromatic heterocycles. The molecule has 0 spiro atoms. The molecule has 1 saturated carbocycles. The van der Waals surface area contributed by atoms with Crippen molar-refractivity contribution < 1.29 is 4.79 Å². The fourth-order valence-electron chi connectivity index (χ4n) is 2.74. The summed E-state index contributed by atoms with van der Waals surface area (Å²) in [4.78, 5) is 12.0. The van der Waals surface area contributed by atoms with Gasteiger partial charge in [-0.3, -0.25) is 4.79 Å². The van der Waals surface area contributed by atoms with E-state index in [2.05, 4.69) is 17.6 Å².